The molecule has 1 N–H and O–H groups in total. The Bertz CT molecular complexity index is 503. The first-order valence-corrected chi connectivity index (χ1v) is 5.79. The molecule has 0 fully saturated rings. The van der Waals surface area contributed by atoms with Crippen LogP contribution in [0.2, 0.25) is 0 Å². The van der Waals surface area contributed by atoms with Crippen LogP contribution in [0.5, 0.6) is 0 Å². The standard InChI is InChI=1S/C12H17N5/c1-4-5-17-8-10(7-14-17)12-15-9(2)6-11(13-3)16-12/h6-8H,4-5H2,1-3H3,(H,13,15,16). The summed E-state index contributed by atoms with van der Waals surface area (Å²) in [7, 11) is 1.85. The molecular formula is C12H17N5. The van der Waals surface area contributed by atoms with Gasteiger partial charge in [0.2, 0.25) is 0 Å². The number of rotatable bonds is 4. The monoisotopic (exact) mass is 231 g/mol. The molecule has 5 nitrogen and oxygen atoms in total. The molecule has 0 aliphatic carbocycles. The first-order chi connectivity index (χ1) is 8.22. The van der Waals surface area contributed by atoms with Gasteiger partial charge < -0.3 is 5.32 Å². The lowest BCUT2D eigenvalue weighted by Gasteiger charge is -2.03. The van der Waals surface area contributed by atoms with Crippen molar-refractivity contribution in [1.82, 2.24) is 19.7 Å². The second-order valence-electron chi connectivity index (χ2n) is 3.96. The Labute approximate surface area is 101 Å². The van der Waals surface area contributed by atoms with Gasteiger partial charge in [-0.05, 0) is 13.3 Å². The number of aryl methyl sites for hydroxylation is 2. The second kappa shape index (κ2) is 4.95. The quantitative estimate of drug-likeness (QED) is 0.875. The minimum atomic E-state index is 0.719. The zero-order valence-electron chi connectivity index (χ0n) is 10.4. The van der Waals surface area contributed by atoms with Crippen LogP contribution in [0.25, 0.3) is 11.4 Å². The van der Waals surface area contributed by atoms with Crippen LogP contribution in [-0.4, -0.2) is 26.8 Å². The van der Waals surface area contributed by atoms with E-state index in [0.29, 0.717) is 0 Å². The molecule has 0 radical (unpaired) electrons. The summed E-state index contributed by atoms with van der Waals surface area (Å²) in [6, 6.07) is 1.92. The fourth-order valence-electron chi connectivity index (χ4n) is 1.66. The topological polar surface area (TPSA) is 55.6 Å². The van der Waals surface area contributed by atoms with Crippen molar-refractivity contribution in [3.8, 4) is 11.4 Å². The third-order valence-corrected chi connectivity index (χ3v) is 2.45. The van der Waals surface area contributed by atoms with Gasteiger partial charge in [-0.2, -0.15) is 5.10 Å². The molecule has 0 aromatic carbocycles. The Kier molecular flexibility index (Phi) is 3.37. The van der Waals surface area contributed by atoms with Gasteiger partial charge in [0, 0.05) is 31.5 Å². The number of hydrogen-bond donors (Lipinski definition) is 1. The maximum atomic E-state index is 4.42. The molecule has 0 aliphatic rings. The molecule has 0 spiro atoms. The summed E-state index contributed by atoms with van der Waals surface area (Å²) < 4.78 is 1.92. The second-order valence-corrected chi connectivity index (χ2v) is 3.96. The average molecular weight is 231 g/mol. The van der Waals surface area contributed by atoms with Gasteiger partial charge in [-0.1, -0.05) is 6.92 Å². The van der Waals surface area contributed by atoms with E-state index in [0.717, 1.165) is 35.9 Å². The van der Waals surface area contributed by atoms with E-state index in [9.17, 15) is 0 Å². The van der Waals surface area contributed by atoms with E-state index in [1.54, 1.807) is 0 Å². The van der Waals surface area contributed by atoms with Crippen molar-refractivity contribution >= 4 is 5.82 Å². The molecule has 90 valence electrons. The maximum absolute atomic E-state index is 4.42. The van der Waals surface area contributed by atoms with E-state index < -0.39 is 0 Å². The molecule has 0 bridgehead atoms. The van der Waals surface area contributed by atoms with Crippen molar-refractivity contribution in [2.24, 2.45) is 0 Å². The molecule has 0 unspecified atom stereocenters. The van der Waals surface area contributed by atoms with E-state index >= 15 is 0 Å². The highest BCUT2D eigenvalue weighted by Gasteiger charge is 2.06. The third kappa shape index (κ3) is 2.61. The molecule has 0 saturated carbocycles. The molecule has 2 heterocycles. The summed E-state index contributed by atoms with van der Waals surface area (Å²) in [6.45, 7) is 5.01. The Morgan fingerprint density at radius 1 is 1.35 bits per heavy atom. The van der Waals surface area contributed by atoms with Crippen LogP contribution in [0, 0.1) is 6.92 Å². The first kappa shape index (κ1) is 11.6. The van der Waals surface area contributed by atoms with Gasteiger partial charge in [-0.15, -0.1) is 0 Å². The molecule has 5 heteroatoms. The molecule has 0 aliphatic heterocycles. The van der Waals surface area contributed by atoms with Crippen LogP contribution in [0.3, 0.4) is 0 Å². The van der Waals surface area contributed by atoms with Crippen LogP contribution in [0.4, 0.5) is 5.82 Å². The van der Waals surface area contributed by atoms with E-state index in [4.69, 9.17) is 0 Å². The van der Waals surface area contributed by atoms with Crippen molar-refractivity contribution in [2.75, 3.05) is 12.4 Å². The summed E-state index contributed by atoms with van der Waals surface area (Å²) in [4.78, 5) is 8.84. The molecule has 0 saturated heterocycles. The zero-order chi connectivity index (χ0) is 12.3. The third-order valence-electron chi connectivity index (χ3n) is 2.45. The van der Waals surface area contributed by atoms with Crippen molar-refractivity contribution in [3.05, 3.63) is 24.2 Å². The Morgan fingerprint density at radius 2 is 2.18 bits per heavy atom. The van der Waals surface area contributed by atoms with Crippen LogP contribution in [0.1, 0.15) is 19.0 Å². The minimum Gasteiger partial charge on any atom is -0.373 e. The molecule has 2 aromatic rings. The van der Waals surface area contributed by atoms with E-state index in [2.05, 4.69) is 27.3 Å². The van der Waals surface area contributed by atoms with Gasteiger partial charge in [0.15, 0.2) is 5.82 Å². The molecule has 2 rings (SSSR count). The van der Waals surface area contributed by atoms with Crippen molar-refractivity contribution in [2.45, 2.75) is 26.8 Å². The molecular weight excluding hydrogens is 214 g/mol. The van der Waals surface area contributed by atoms with Gasteiger partial charge in [-0.25, -0.2) is 9.97 Å². The average Bonchev–Trinajstić information content (AvgIpc) is 2.77. The van der Waals surface area contributed by atoms with Gasteiger partial charge >= 0.3 is 0 Å². The predicted octanol–water partition coefficient (Wildman–Crippen LogP) is 2.10. The number of aromatic nitrogens is 4. The minimum absolute atomic E-state index is 0.719. The predicted molar refractivity (Wildman–Crippen MR) is 67.8 cm³/mol. The molecule has 0 amide bonds. The fourth-order valence-corrected chi connectivity index (χ4v) is 1.66. The zero-order valence-corrected chi connectivity index (χ0v) is 10.4. The number of anilines is 1. The Morgan fingerprint density at radius 3 is 2.88 bits per heavy atom. The van der Waals surface area contributed by atoms with Crippen molar-refractivity contribution < 1.29 is 0 Å². The summed E-state index contributed by atoms with van der Waals surface area (Å²) in [6.07, 6.45) is 4.86. The summed E-state index contributed by atoms with van der Waals surface area (Å²) >= 11 is 0. The van der Waals surface area contributed by atoms with Gasteiger partial charge in [0.1, 0.15) is 5.82 Å². The molecule has 17 heavy (non-hydrogen) atoms. The highest BCUT2D eigenvalue weighted by Crippen LogP contribution is 2.16. The van der Waals surface area contributed by atoms with Gasteiger partial charge in [0.05, 0.1) is 11.8 Å². The Hall–Kier alpha value is -1.91. The fraction of sp³-hybridized carbons (Fsp3) is 0.417. The lowest BCUT2D eigenvalue weighted by atomic mass is 10.3. The normalized spacial score (nSPS) is 10.5. The van der Waals surface area contributed by atoms with Gasteiger partial charge in [-0.3, -0.25) is 4.68 Å². The maximum Gasteiger partial charge on any atom is 0.164 e. The lowest BCUT2D eigenvalue weighted by Crippen LogP contribution is -1.98. The number of nitrogens with zero attached hydrogens (tertiary/aromatic N) is 4. The van der Waals surface area contributed by atoms with Gasteiger partial charge in [0.25, 0.3) is 0 Å². The van der Waals surface area contributed by atoms with Crippen LogP contribution in [-0.2, 0) is 6.54 Å². The number of hydrogen-bond acceptors (Lipinski definition) is 4. The molecule has 2 aromatic heterocycles. The summed E-state index contributed by atoms with van der Waals surface area (Å²) in [5.74, 6) is 1.55. The van der Waals surface area contributed by atoms with Crippen LogP contribution >= 0.6 is 0 Å². The van der Waals surface area contributed by atoms with Crippen LogP contribution in [0.15, 0.2) is 18.5 Å². The van der Waals surface area contributed by atoms with Crippen LogP contribution < -0.4 is 5.32 Å². The lowest BCUT2D eigenvalue weighted by molar-refractivity contribution is 0.603. The van der Waals surface area contributed by atoms with E-state index in [-0.39, 0.29) is 0 Å². The number of nitrogens with one attached hydrogen (secondary N) is 1. The smallest absolute Gasteiger partial charge is 0.164 e. The van der Waals surface area contributed by atoms with Crippen molar-refractivity contribution in [1.29, 1.82) is 0 Å². The highest BCUT2D eigenvalue weighted by atomic mass is 15.3. The van der Waals surface area contributed by atoms with E-state index in [1.165, 1.54) is 0 Å². The molecule has 0 atom stereocenters. The van der Waals surface area contributed by atoms with Crippen molar-refractivity contribution in [3.63, 3.8) is 0 Å². The summed E-state index contributed by atoms with van der Waals surface area (Å²) in [5, 5.41) is 7.32. The summed E-state index contributed by atoms with van der Waals surface area (Å²) in [5.41, 5.74) is 1.90. The highest BCUT2D eigenvalue weighted by molar-refractivity contribution is 5.55. The van der Waals surface area contributed by atoms with E-state index in [1.807, 2.05) is 37.1 Å². The Balaban J connectivity index is 2.34. The first-order valence-electron chi connectivity index (χ1n) is 5.79. The SMILES string of the molecule is CCCn1cc(-c2nc(C)cc(NC)n2)cn1. The largest absolute Gasteiger partial charge is 0.373 e.